The molecule has 1 aromatic carbocycles. The fourth-order valence-corrected chi connectivity index (χ4v) is 4.42. The molecule has 0 unspecified atom stereocenters. The van der Waals surface area contributed by atoms with Crippen LogP contribution in [0.3, 0.4) is 0 Å². The molecule has 0 radical (unpaired) electrons. The highest BCUT2D eigenvalue weighted by molar-refractivity contribution is 8.00. The van der Waals surface area contributed by atoms with E-state index in [4.69, 9.17) is 11.6 Å². The Balaban J connectivity index is 1.89. The number of thioether (sulfide) groups is 1. The maximum atomic E-state index is 12.9. The van der Waals surface area contributed by atoms with E-state index in [0.717, 1.165) is 28.5 Å². The van der Waals surface area contributed by atoms with Crippen molar-refractivity contribution in [1.29, 1.82) is 0 Å². The molecule has 0 saturated heterocycles. The molecule has 2 aromatic heterocycles. The van der Waals surface area contributed by atoms with E-state index in [-0.39, 0.29) is 11.7 Å². The molecule has 9 heteroatoms. The number of aromatic nitrogens is 3. The Bertz CT molecular complexity index is 1220. The molecule has 0 aliphatic heterocycles. The van der Waals surface area contributed by atoms with Crippen LogP contribution < -0.4 is 16.6 Å². The quantitative estimate of drug-likeness (QED) is 0.564. The molecule has 3 aromatic rings. The van der Waals surface area contributed by atoms with Crippen molar-refractivity contribution in [2.45, 2.75) is 31.2 Å². The van der Waals surface area contributed by atoms with Crippen LogP contribution in [-0.2, 0) is 31.9 Å². The van der Waals surface area contributed by atoms with Crippen molar-refractivity contribution in [2.24, 2.45) is 14.1 Å². The number of fused-ring (bicyclic) bond motifs is 1. The van der Waals surface area contributed by atoms with E-state index < -0.39 is 11.2 Å². The lowest BCUT2D eigenvalue weighted by molar-refractivity contribution is -0.118. The van der Waals surface area contributed by atoms with E-state index in [1.54, 1.807) is 19.3 Å². The molecule has 3 rings (SSSR count). The molecule has 0 fully saturated rings. The summed E-state index contributed by atoms with van der Waals surface area (Å²) in [5, 5.41) is 3.82. The summed E-state index contributed by atoms with van der Waals surface area (Å²) in [6.45, 7) is 2.36. The zero-order valence-corrected chi connectivity index (χ0v) is 18.6. The third kappa shape index (κ3) is 4.44. The predicted molar refractivity (Wildman–Crippen MR) is 120 cm³/mol. The molecule has 0 aliphatic carbocycles. The zero-order valence-electron chi connectivity index (χ0n) is 17.1. The Labute approximate surface area is 183 Å². The second-order valence-corrected chi connectivity index (χ2v) is 8.32. The summed E-state index contributed by atoms with van der Waals surface area (Å²) in [5.74, 6) is -0.0410. The smallest absolute Gasteiger partial charge is 0.332 e. The monoisotopic (exact) mass is 446 g/mol. The van der Waals surface area contributed by atoms with Gasteiger partial charge in [-0.05, 0) is 23.6 Å². The van der Waals surface area contributed by atoms with Crippen LogP contribution in [0.4, 0.5) is 0 Å². The van der Waals surface area contributed by atoms with Gasteiger partial charge in [0.1, 0.15) is 5.65 Å². The highest BCUT2D eigenvalue weighted by Gasteiger charge is 2.18. The van der Waals surface area contributed by atoms with Gasteiger partial charge in [-0.1, -0.05) is 43.1 Å². The lowest BCUT2D eigenvalue weighted by Crippen LogP contribution is -2.37. The van der Waals surface area contributed by atoms with E-state index in [1.807, 2.05) is 25.1 Å². The largest absolute Gasteiger partial charge is 0.351 e. The normalized spacial score (nSPS) is 11.1. The van der Waals surface area contributed by atoms with Gasteiger partial charge in [0, 0.05) is 36.8 Å². The predicted octanol–water partition coefficient (Wildman–Crippen LogP) is 2.65. The summed E-state index contributed by atoms with van der Waals surface area (Å²) in [7, 11) is 3.03. The first kappa shape index (κ1) is 22.1. The van der Waals surface area contributed by atoms with Gasteiger partial charge in [-0.2, -0.15) is 0 Å². The average Bonchev–Trinajstić information content (AvgIpc) is 2.74. The molecule has 158 valence electrons. The third-order valence-electron chi connectivity index (χ3n) is 4.80. The number of hydrogen-bond acceptors (Lipinski definition) is 5. The van der Waals surface area contributed by atoms with Crippen molar-refractivity contribution in [2.75, 3.05) is 5.75 Å². The second-order valence-electron chi connectivity index (χ2n) is 6.92. The molecular formula is C21H23ClN4O3S. The van der Waals surface area contributed by atoms with Gasteiger partial charge >= 0.3 is 5.69 Å². The maximum Gasteiger partial charge on any atom is 0.332 e. The van der Waals surface area contributed by atoms with Gasteiger partial charge in [-0.15, -0.1) is 11.8 Å². The van der Waals surface area contributed by atoms with Crippen molar-refractivity contribution in [3.8, 4) is 0 Å². The summed E-state index contributed by atoms with van der Waals surface area (Å²) < 4.78 is 2.43. The minimum atomic E-state index is -0.434. The van der Waals surface area contributed by atoms with Gasteiger partial charge in [-0.25, -0.2) is 9.78 Å². The average molecular weight is 447 g/mol. The number of pyridine rings is 1. The maximum absolute atomic E-state index is 12.9. The number of benzene rings is 1. The standard InChI is InChI=1S/C21H23ClN4O3S/c1-4-7-14-11-24-19-17(20(28)26(3)21(29)25(19)2)18(14)30-12-16(27)23-10-13-8-5-6-9-15(13)22/h5-6,8-9,11H,4,7,10,12H2,1-3H3,(H,23,27). The topological polar surface area (TPSA) is 86.0 Å². The van der Waals surface area contributed by atoms with Gasteiger partial charge in [0.05, 0.1) is 11.1 Å². The van der Waals surface area contributed by atoms with Gasteiger partial charge in [0.15, 0.2) is 0 Å². The van der Waals surface area contributed by atoms with Crippen LogP contribution in [0.5, 0.6) is 0 Å². The van der Waals surface area contributed by atoms with Gasteiger partial charge in [-0.3, -0.25) is 18.7 Å². The van der Waals surface area contributed by atoms with Crippen LogP contribution in [-0.4, -0.2) is 25.8 Å². The third-order valence-corrected chi connectivity index (χ3v) is 6.33. The number of amides is 1. The number of nitrogens with one attached hydrogen (secondary N) is 1. The summed E-state index contributed by atoms with van der Waals surface area (Å²) in [4.78, 5) is 42.6. The number of rotatable bonds is 7. The minimum absolute atomic E-state index is 0.131. The van der Waals surface area contributed by atoms with Crippen LogP contribution in [0.2, 0.25) is 5.02 Å². The Kier molecular flexibility index (Phi) is 6.99. The number of carbonyl (C=O) groups is 1. The molecule has 0 saturated carbocycles. The van der Waals surface area contributed by atoms with Crippen molar-refractivity contribution in [3.05, 3.63) is 67.4 Å². The molecule has 0 spiro atoms. The van der Waals surface area contributed by atoms with Crippen LogP contribution in [0.25, 0.3) is 11.0 Å². The van der Waals surface area contributed by atoms with Crippen LogP contribution in [0.15, 0.2) is 44.9 Å². The lowest BCUT2D eigenvalue weighted by atomic mass is 10.1. The highest BCUT2D eigenvalue weighted by Crippen LogP contribution is 2.29. The number of carbonyl (C=O) groups excluding carboxylic acids is 1. The summed E-state index contributed by atoms with van der Waals surface area (Å²) in [5.41, 5.74) is 1.21. The molecule has 1 amide bonds. The first-order valence-electron chi connectivity index (χ1n) is 9.55. The van der Waals surface area contributed by atoms with E-state index >= 15 is 0 Å². The Hall–Kier alpha value is -2.58. The fraction of sp³-hybridized carbons (Fsp3) is 0.333. The molecular weight excluding hydrogens is 424 g/mol. The Morgan fingerprint density at radius 2 is 1.90 bits per heavy atom. The van der Waals surface area contributed by atoms with E-state index in [2.05, 4.69) is 10.3 Å². The summed E-state index contributed by atoms with van der Waals surface area (Å²) in [6, 6.07) is 7.33. The number of aryl methyl sites for hydroxylation is 2. The van der Waals surface area contributed by atoms with Gasteiger partial charge in [0.25, 0.3) is 5.56 Å². The number of halogens is 1. The first-order valence-corrected chi connectivity index (χ1v) is 10.9. The van der Waals surface area contributed by atoms with Gasteiger partial charge in [0.2, 0.25) is 5.91 Å². The Morgan fingerprint density at radius 1 is 1.17 bits per heavy atom. The van der Waals surface area contributed by atoms with E-state index in [0.29, 0.717) is 27.5 Å². The molecule has 2 heterocycles. The number of nitrogens with zero attached hydrogens (tertiary/aromatic N) is 3. The van der Waals surface area contributed by atoms with Crippen molar-refractivity contribution < 1.29 is 4.79 Å². The summed E-state index contributed by atoms with van der Waals surface area (Å²) >= 11 is 7.42. The molecule has 0 aliphatic rings. The molecule has 1 N–H and O–H groups in total. The Morgan fingerprint density at radius 3 is 2.60 bits per heavy atom. The SMILES string of the molecule is CCCc1cnc2c(c1SCC(=O)NCc1ccccc1Cl)c(=O)n(C)c(=O)n2C. The summed E-state index contributed by atoms with van der Waals surface area (Å²) in [6.07, 6.45) is 3.28. The van der Waals surface area contributed by atoms with Crippen LogP contribution in [0, 0.1) is 0 Å². The zero-order chi connectivity index (χ0) is 21.8. The van der Waals surface area contributed by atoms with E-state index in [1.165, 1.54) is 23.4 Å². The highest BCUT2D eigenvalue weighted by atomic mass is 35.5. The first-order chi connectivity index (χ1) is 14.3. The van der Waals surface area contributed by atoms with Crippen molar-refractivity contribution in [3.63, 3.8) is 0 Å². The van der Waals surface area contributed by atoms with Crippen molar-refractivity contribution >= 4 is 40.3 Å². The molecule has 0 bridgehead atoms. The van der Waals surface area contributed by atoms with Crippen LogP contribution >= 0.6 is 23.4 Å². The van der Waals surface area contributed by atoms with Crippen molar-refractivity contribution in [1.82, 2.24) is 19.4 Å². The minimum Gasteiger partial charge on any atom is -0.351 e. The number of hydrogen-bond donors (Lipinski definition) is 1. The fourth-order valence-electron chi connectivity index (χ4n) is 3.18. The van der Waals surface area contributed by atoms with E-state index in [9.17, 15) is 14.4 Å². The molecule has 0 atom stereocenters. The second kappa shape index (κ2) is 9.49. The van der Waals surface area contributed by atoms with Crippen LogP contribution in [0.1, 0.15) is 24.5 Å². The molecule has 7 nitrogen and oxygen atoms in total. The lowest BCUT2D eigenvalue weighted by Gasteiger charge is -2.14. The van der Waals surface area contributed by atoms with Gasteiger partial charge < -0.3 is 5.32 Å². The molecule has 30 heavy (non-hydrogen) atoms.